The second kappa shape index (κ2) is 10.6. The number of halogens is 2. The lowest BCUT2D eigenvalue weighted by atomic mass is 9.94. The first-order chi connectivity index (χ1) is 15.7. The third kappa shape index (κ3) is 5.03. The molecule has 0 aliphatic carbocycles. The number of aliphatic hydroxyl groups is 1. The number of methoxy groups -OCH3 is 1. The number of ketones is 1. The molecule has 1 atom stereocenters. The Morgan fingerprint density at radius 1 is 1.09 bits per heavy atom. The third-order valence-corrected chi connectivity index (χ3v) is 6.78. The van der Waals surface area contributed by atoms with Crippen LogP contribution in [-0.2, 0) is 9.59 Å². The molecule has 6 nitrogen and oxygen atoms in total. The number of rotatable bonds is 8. The zero-order chi connectivity index (χ0) is 24.3. The fraction of sp³-hybridized carbons (Fsp3) is 0.360. The number of amides is 1. The van der Waals surface area contributed by atoms with Crippen LogP contribution in [-0.4, -0.2) is 59.9 Å². The van der Waals surface area contributed by atoms with Gasteiger partial charge in [0.15, 0.2) is 0 Å². The molecule has 0 saturated carbocycles. The SMILES string of the molecule is CCN(CC)CCN1C(=O)C(=O)C(=C(O)c2ccc(OC)cc2C)[C@@H]1c1ccc(Cl)c(Cl)c1. The molecule has 1 aliphatic rings. The van der Waals surface area contributed by atoms with Gasteiger partial charge < -0.3 is 19.6 Å². The van der Waals surface area contributed by atoms with Crippen molar-refractivity contribution in [3.8, 4) is 5.75 Å². The number of Topliss-reactive ketones (excluding diaryl/α,β-unsaturated/α-hetero) is 1. The summed E-state index contributed by atoms with van der Waals surface area (Å²) in [4.78, 5) is 29.9. The van der Waals surface area contributed by atoms with Crippen molar-refractivity contribution in [3.63, 3.8) is 0 Å². The first-order valence-corrected chi connectivity index (χ1v) is 11.6. The van der Waals surface area contributed by atoms with Crippen molar-refractivity contribution in [3.05, 3.63) is 68.7 Å². The van der Waals surface area contributed by atoms with E-state index >= 15 is 0 Å². The van der Waals surface area contributed by atoms with Crippen molar-refractivity contribution in [1.29, 1.82) is 0 Å². The summed E-state index contributed by atoms with van der Waals surface area (Å²) in [5.41, 5.74) is 1.82. The number of hydrogen-bond acceptors (Lipinski definition) is 5. The van der Waals surface area contributed by atoms with Crippen LogP contribution < -0.4 is 4.74 Å². The molecule has 1 saturated heterocycles. The number of carbonyl (C=O) groups excluding carboxylic acids is 2. The summed E-state index contributed by atoms with van der Waals surface area (Å²) in [6.45, 7) is 8.46. The number of aryl methyl sites for hydroxylation is 1. The van der Waals surface area contributed by atoms with Gasteiger partial charge in [-0.15, -0.1) is 0 Å². The van der Waals surface area contributed by atoms with Gasteiger partial charge in [-0.05, 0) is 61.5 Å². The van der Waals surface area contributed by atoms with Gasteiger partial charge in [-0.3, -0.25) is 9.59 Å². The van der Waals surface area contributed by atoms with Gasteiger partial charge in [-0.1, -0.05) is 43.1 Å². The first-order valence-electron chi connectivity index (χ1n) is 10.8. The van der Waals surface area contributed by atoms with E-state index in [1.165, 1.54) is 4.90 Å². The number of hydrogen-bond donors (Lipinski definition) is 1. The van der Waals surface area contributed by atoms with Gasteiger partial charge in [0.25, 0.3) is 11.7 Å². The summed E-state index contributed by atoms with van der Waals surface area (Å²) in [5.74, 6) is -0.969. The maximum Gasteiger partial charge on any atom is 0.295 e. The zero-order valence-electron chi connectivity index (χ0n) is 19.2. The highest BCUT2D eigenvalue weighted by molar-refractivity contribution is 6.47. The number of benzene rings is 2. The van der Waals surface area contributed by atoms with E-state index in [4.69, 9.17) is 27.9 Å². The minimum Gasteiger partial charge on any atom is -0.507 e. The molecule has 3 rings (SSSR count). The Morgan fingerprint density at radius 2 is 1.79 bits per heavy atom. The summed E-state index contributed by atoms with van der Waals surface area (Å²) in [5, 5.41) is 11.9. The topological polar surface area (TPSA) is 70.1 Å². The smallest absolute Gasteiger partial charge is 0.295 e. The van der Waals surface area contributed by atoms with Gasteiger partial charge in [0, 0.05) is 18.7 Å². The fourth-order valence-corrected chi connectivity index (χ4v) is 4.41. The van der Waals surface area contributed by atoms with Crippen LogP contribution in [0.15, 0.2) is 42.0 Å². The number of likely N-dealkylation sites (N-methyl/N-ethyl adjacent to an activating group) is 1. The van der Waals surface area contributed by atoms with Gasteiger partial charge in [-0.25, -0.2) is 0 Å². The monoisotopic (exact) mass is 490 g/mol. The van der Waals surface area contributed by atoms with Crippen molar-refractivity contribution >= 4 is 40.7 Å². The Bertz CT molecular complexity index is 1100. The highest BCUT2D eigenvalue weighted by Gasteiger charge is 2.46. The van der Waals surface area contributed by atoms with E-state index in [-0.39, 0.29) is 11.3 Å². The van der Waals surface area contributed by atoms with E-state index in [2.05, 4.69) is 4.90 Å². The largest absolute Gasteiger partial charge is 0.507 e. The first kappa shape index (κ1) is 25.1. The van der Waals surface area contributed by atoms with Crippen LogP contribution in [0.25, 0.3) is 5.76 Å². The van der Waals surface area contributed by atoms with E-state index in [0.717, 1.165) is 13.1 Å². The van der Waals surface area contributed by atoms with E-state index in [9.17, 15) is 14.7 Å². The summed E-state index contributed by atoms with van der Waals surface area (Å²) in [7, 11) is 1.56. The third-order valence-electron chi connectivity index (χ3n) is 6.04. The van der Waals surface area contributed by atoms with Gasteiger partial charge in [0.05, 0.1) is 28.8 Å². The highest BCUT2D eigenvalue weighted by Crippen LogP contribution is 2.41. The maximum atomic E-state index is 13.2. The molecule has 8 heteroatoms. The molecule has 0 aromatic heterocycles. The Labute approximate surface area is 204 Å². The predicted octanol–water partition coefficient (Wildman–Crippen LogP) is 5.07. The quantitative estimate of drug-likeness (QED) is 0.317. The minimum absolute atomic E-state index is 0.0335. The minimum atomic E-state index is -0.781. The fourth-order valence-electron chi connectivity index (χ4n) is 4.10. The molecule has 0 radical (unpaired) electrons. The van der Waals surface area contributed by atoms with Crippen LogP contribution >= 0.6 is 23.2 Å². The van der Waals surface area contributed by atoms with Gasteiger partial charge in [-0.2, -0.15) is 0 Å². The molecule has 1 fully saturated rings. The molecule has 2 aromatic rings. The molecular weight excluding hydrogens is 463 g/mol. The molecular formula is C25H28Cl2N2O4. The van der Waals surface area contributed by atoms with Crippen LogP contribution in [0.1, 0.15) is 36.6 Å². The number of aliphatic hydroxyl groups excluding tert-OH is 1. The van der Waals surface area contributed by atoms with Crippen LogP contribution in [0.2, 0.25) is 10.0 Å². The van der Waals surface area contributed by atoms with Crippen molar-refractivity contribution < 1.29 is 19.4 Å². The lowest BCUT2D eigenvalue weighted by Gasteiger charge is -2.28. The van der Waals surface area contributed by atoms with Crippen molar-refractivity contribution in [1.82, 2.24) is 9.80 Å². The lowest BCUT2D eigenvalue weighted by molar-refractivity contribution is -0.140. The number of ether oxygens (including phenoxy) is 1. The molecule has 1 aliphatic heterocycles. The van der Waals surface area contributed by atoms with E-state index in [1.807, 2.05) is 20.8 Å². The van der Waals surface area contributed by atoms with E-state index < -0.39 is 17.7 Å². The average Bonchev–Trinajstić information content (AvgIpc) is 3.06. The van der Waals surface area contributed by atoms with Gasteiger partial charge >= 0.3 is 0 Å². The van der Waals surface area contributed by atoms with Crippen LogP contribution in [0, 0.1) is 6.92 Å². The molecule has 0 spiro atoms. The number of nitrogens with zero attached hydrogens (tertiary/aromatic N) is 2. The van der Waals surface area contributed by atoms with Crippen molar-refractivity contribution in [2.75, 3.05) is 33.3 Å². The normalized spacial score (nSPS) is 17.8. The van der Waals surface area contributed by atoms with Gasteiger partial charge in [0.2, 0.25) is 0 Å². The summed E-state index contributed by atoms with van der Waals surface area (Å²) < 4.78 is 5.24. The molecule has 0 unspecified atom stereocenters. The molecule has 1 heterocycles. The molecule has 2 aromatic carbocycles. The van der Waals surface area contributed by atoms with E-state index in [0.29, 0.717) is 45.6 Å². The molecule has 0 bridgehead atoms. The standard InChI is InChI=1S/C25H28Cl2N2O4/c1-5-28(6-2)11-12-29-22(16-7-10-19(26)20(27)14-16)21(24(31)25(29)32)23(30)18-9-8-17(33-4)13-15(18)3/h7-10,13-14,22,30H,5-6,11-12H2,1-4H3/t22-/m0/s1. The van der Waals surface area contributed by atoms with Crippen LogP contribution in [0.4, 0.5) is 0 Å². The summed E-state index contributed by atoms with van der Waals surface area (Å²) in [6.07, 6.45) is 0. The Morgan fingerprint density at radius 3 is 2.36 bits per heavy atom. The Kier molecular flexibility index (Phi) is 8.05. The maximum absolute atomic E-state index is 13.2. The molecule has 1 N–H and O–H groups in total. The predicted molar refractivity (Wildman–Crippen MR) is 131 cm³/mol. The zero-order valence-corrected chi connectivity index (χ0v) is 20.7. The van der Waals surface area contributed by atoms with Gasteiger partial charge in [0.1, 0.15) is 11.5 Å². The van der Waals surface area contributed by atoms with E-state index in [1.54, 1.807) is 43.5 Å². The van der Waals surface area contributed by atoms with Crippen LogP contribution in [0.3, 0.4) is 0 Å². The van der Waals surface area contributed by atoms with Crippen molar-refractivity contribution in [2.24, 2.45) is 0 Å². The number of likely N-dealkylation sites (tertiary alicyclic amines) is 1. The molecule has 1 amide bonds. The summed E-state index contributed by atoms with van der Waals surface area (Å²) in [6, 6.07) is 9.35. The number of carbonyl (C=O) groups is 2. The Balaban J connectivity index is 2.15. The average molecular weight is 491 g/mol. The molecule has 33 heavy (non-hydrogen) atoms. The lowest BCUT2D eigenvalue weighted by Crippen LogP contribution is -2.38. The summed E-state index contributed by atoms with van der Waals surface area (Å²) >= 11 is 12.4. The molecule has 176 valence electrons. The Hall–Kier alpha value is -2.54. The van der Waals surface area contributed by atoms with Crippen molar-refractivity contribution in [2.45, 2.75) is 26.8 Å². The highest BCUT2D eigenvalue weighted by atomic mass is 35.5. The van der Waals surface area contributed by atoms with Crippen LogP contribution in [0.5, 0.6) is 5.75 Å². The second-order valence-corrected chi connectivity index (χ2v) is 8.69. The second-order valence-electron chi connectivity index (χ2n) is 7.87.